The summed E-state index contributed by atoms with van der Waals surface area (Å²) in [5.41, 5.74) is -0.236. The molecule has 2 aromatic carbocycles. The first kappa shape index (κ1) is 22.0. The molecule has 3 aromatic rings. The zero-order chi connectivity index (χ0) is 23.2. The number of aliphatic hydroxyl groups excluding tert-OH is 1. The van der Waals surface area contributed by atoms with E-state index in [0.29, 0.717) is 11.3 Å². The Morgan fingerprint density at radius 1 is 1.12 bits per heavy atom. The van der Waals surface area contributed by atoms with E-state index in [1.165, 1.54) is 18.2 Å². The quantitative estimate of drug-likeness (QED) is 0.292. The summed E-state index contributed by atoms with van der Waals surface area (Å²) in [6.45, 7) is 5.73. The van der Waals surface area contributed by atoms with E-state index in [0.717, 1.165) is 9.37 Å². The molecule has 0 aliphatic carbocycles. The third-order valence-corrected chi connectivity index (χ3v) is 5.77. The first-order valence-electron chi connectivity index (χ1n) is 9.88. The number of Topliss-reactive ketones (excluding diaryl/α,β-unsaturated/α-hetero) is 1. The summed E-state index contributed by atoms with van der Waals surface area (Å²) < 4.78 is 21.0. The average Bonchev–Trinajstić information content (AvgIpc) is 3.32. The van der Waals surface area contributed by atoms with Gasteiger partial charge in [0.05, 0.1) is 11.6 Å². The van der Waals surface area contributed by atoms with E-state index < -0.39 is 34.7 Å². The Morgan fingerprint density at radius 3 is 2.38 bits per heavy atom. The molecule has 1 amide bonds. The third kappa shape index (κ3) is 3.75. The van der Waals surface area contributed by atoms with Crippen molar-refractivity contribution in [3.63, 3.8) is 0 Å². The molecule has 32 heavy (non-hydrogen) atoms. The molecule has 1 aromatic heterocycles. The highest BCUT2D eigenvalue weighted by Crippen LogP contribution is 2.43. The van der Waals surface area contributed by atoms with E-state index in [1.807, 2.05) is 20.8 Å². The maximum atomic E-state index is 14.9. The molecule has 0 bridgehead atoms. The summed E-state index contributed by atoms with van der Waals surface area (Å²) in [4.78, 5) is 27.2. The number of ketones is 1. The number of amides is 1. The first-order chi connectivity index (χ1) is 15.1. The monoisotopic (exact) mass is 498 g/mol. The zero-order valence-corrected chi connectivity index (χ0v) is 19.2. The number of hydrogen-bond donors (Lipinski definition) is 1. The van der Waals surface area contributed by atoms with Gasteiger partial charge in [0.25, 0.3) is 5.78 Å². The number of rotatable bonds is 3. The Hall–Kier alpha value is -3.26. The molecule has 1 aliphatic heterocycles. The van der Waals surface area contributed by atoms with E-state index in [9.17, 15) is 19.1 Å². The van der Waals surface area contributed by atoms with Gasteiger partial charge >= 0.3 is 5.91 Å². The molecule has 0 saturated carbocycles. The van der Waals surface area contributed by atoms with Crippen molar-refractivity contribution in [3.05, 3.63) is 87.3 Å². The third-order valence-electron chi connectivity index (χ3n) is 5.25. The van der Waals surface area contributed by atoms with Crippen molar-refractivity contribution >= 4 is 39.2 Å². The van der Waals surface area contributed by atoms with Crippen molar-refractivity contribution in [2.45, 2.75) is 32.2 Å². The minimum Gasteiger partial charge on any atom is -0.507 e. The van der Waals surface area contributed by atoms with E-state index in [-0.39, 0.29) is 17.0 Å². The van der Waals surface area contributed by atoms with Gasteiger partial charge in [0.1, 0.15) is 17.3 Å². The van der Waals surface area contributed by atoms with Gasteiger partial charge in [-0.3, -0.25) is 14.5 Å². The van der Waals surface area contributed by atoms with Gasteiger partial charge in [0, 0.05) is 27.1 Å². The lowest BCUT2D eigenvalue weighted by Gasteiger charge is -2.23. The summed E-state index contributed by atoms with van der Waals surface area (Å²) in [5.74, 6) is -2.31. The van der Waals surface area contributed by atoms with Gasteiger partial charge < -0.3 is 9.63 Å². The Balaban J connectivity index is 1.94. The van der Waals surface area contributed by atoms with E-state index in [1.54, 1.807) is 36.4 Å². The average molecular weight is 499 g/mol. The van der Waals surface area contributed by atoms with E-state index in [2.05, 4.69) is 21.1 Å². The summed E-state index contributed by atoms with van der Waals surface area (Å²) in [6, 6.07) is 12.7. The molecule has 2 heterocycles. The Kier molecular flexibility index (Phi) is 5.50. The second kappa shape index (κ2) is 8.02. The number of carbonyl (C=O) groups is 2. The summed E-state index contributed by atoms with van der Waals surface area (Å²) in [5, 5.41) is 15.0. The van der Waals surface area contributed by atoms with Gasteiger partial charge in [-0.05, 0) is 18.2 Å². The van der Waals surface area contributed by atoms with Crippen molar-refractivity contribution in [2.24, 2.45) is 0 Å². The second-order valence-electron chi connectivity index (χ2n) is 8.50. The molecule has 0 spiro atoms. The minimum absolute atomic E-state index is 0.0608. The molecule has 6 nitrogen and oxygen atoms in total. The Labute approximate surface area is 192 Å². The molecule has 8 heteroatoms. The second-order valence-corrected chi connectivity index (χ2v) is 9.41. The van der Waals surface area contributed by atoms with Crippen molar-refractivity contribution in [2.75, 3.05) is 4.90 Å². The summed E-state index contributed by atoms with van der Waals surface area (Å²) in [6.07, 6.45) is 0. The predicted octanol–water partition coefficient (Wildman–Crippen LogP) is 5.50. The molecule has 1 atom stereocenters. The highest BCUT2D eigenvalue weighted by molar-refractivity contribution is 9.10. The van der Waals surface area contributed by atoms with Gasteiger partial charge in [0.2, 0.25) is 0 Å². The normalized spacial score (nSPS) is 18.4. The van der Waals surface area contributed by atoms with Crippen LogP contribution in [0.2, 0.25) is 0 Å². The fraction of sp³-hybridized carbons (Fsp3) is 0.208. The fourth-order valence-electron chi connectivity index (χ4n) is 3.56. The number of anilines is 1. The molecule has 1 aliphatic rings. The lowest BCUT2D eigenvalue weighted by Crippen LogP contribution is -2.30. The molecule has 4 rings (SSSR count). The minimum atomic E-state index is -1.21. The zero-order valence-electron chi connectivity index (χ0n) is 17.6. The standard InChI is InChI=1S/C24H20BrFN2O4/c1-24(2,3)17-12-18(27-32-17)28-20(15-6-4-5-7-16(15)26)19(22(30)23(28)31)21(29)13-8-10-14(25)11-9-13/h4-12,20,29H,1-3H3/b21-19+. The van der Waals surface area contributed by atoms with Crippen LogP contribution in [0.1, 0.15) is 43.7 Å². The molecule has 164 valence electrons. The van der Waals surface area contributed by atoms with Crippen LogP contribution in [0.4, 0.5) is 10.2 Å². The molecule has 1 N–H and O–H groups in total. The number of nitrogens with zero attached hydrogens (tertiary/aromatic N) is 2. The van der Waals surface area contributed by atoms with Crippen LogP contribution in [0.3, 0.4) is 0 Å². The van der Waals surface area contributed by atoms with Crippen LogP contribution in [0, 0.1) is 5.82 Å². The van der Waals surface area contributed by atoms with Crippen molar-refractivity contribution in [1.82, 2.24) is 5.16 Å². The molecule has 1 unspecified atom stereocenters. The van der Waals surface area contributed by atoms with Crippen LogP contribution in [0.5, 0.6) is 0 Å². The fourth-order valence-corrected chi connectivity index (χ4v) is 3.82. The van der Waals surface area contributed by atoms with Gasteiger partial charge in [-0.1, -0.05) is 72.2 Å². The molecule has 1 fully saturated rings. The Morgan fingerprint density at radius 2 is 1.78 bits per heavy atom. The maximum absolute atomic E-state index is 14.9. The lowest BCUT2D eigenvalue weighted by molar-refractivity contribution is -0.132. The SMILES string of the molecule is CC(C)(C)c1cc(N2C(=O)C(=O)/C(=C(/O)c3ccc(Br)cc3)C2c2ccccc2F)no1. The van der Waals surface area contributed by atoms with Crippen molar-refractivity contribution < 1.29 is 23.6 Å². The number of aromatic nitrogens is 1. The van der Waals surface area contributed by atoms with Crippen LogP contribution in [0.25, 0.3) is 5.76 Å². The molecule has 1 saturated heterocycles. The van der Waals surface area contributed by atoms with E-state index >= 15 is 0 Å². The number of aliphatic hydroxyl groups is 1. The smallest absolute Gasteiger partial charge is 0.301 e. The van der Waals surface area contributed by atoms with Crippen molar-refractivity contribution in [1.29, 1.82) is 0 Å². The predicted molar refractivity (Wildman–Crippen MR) is 121 cm³/mol. The number of halogens is 2. The first-order valence-corrected chi connectivity index (χ1v) is 10.7. The van der Waals surface area contributed by atoms with Crippen LogP contribution in [-0.2, 0) is 15.0 Å². The molecule has 0 radical (unpaired) electrons. The van der Waals surface area contributed by atoms with Crippen LogP contribution >= 0.6 is 15.9 Å². The number of hydrogen-bond acceptors (Lipinski definition) is 5. The van der Waals surface area contributed by atoms with Gasteiger partial charge in [0.15, 0.2) is 5.82 Å². The topological polar surface area (TPSA) is 83.6 Å². The van der Waals surface area contributed by atoms with Gasteiger partial charge in [-0.15, -0.1) is 0 Å². The molecular formula is C24H20BrFN2O4. The van der Waals surface area contributed by atoms with Crippen LogP contribution < -0.4 is 4.90 Å². The summed E-state index contributed by atoms with van der Waals surface area (Å²) in [7, 11) is 0. The lowest BCUT2D eigenvalue weighted by atomic mass is 9.93. The van der Waals surface area contributed by atoms with Crippen molar-refractivity contribution in [3.8, 4) is 0 Å². The Bertz CT molecular complexity index is 1240. The van der Waals surface area contributed by atoms with Gasteiger partial charge in [-0.25, -0.2) is 4.39 Å². The maximum Gasteiger partial charge on any atom is 0.301 e. The highest BCUT2D eigenvalue weighted by atomic mass is 79.9. The van der Waals surface area contributed by atoms with E-state index in [4.69, 9.17) is 4.52 Å². The van der Waals surface area contributed by atoms with Crippen LogP contribution in [0.15, 0.2) is 69.2 Å². The molecular weight excluding hydrogens is 479 g/mol. The van der Waals surface area contributed by atoms with Crippen LogP contribution in [-0.4, -0.2) is 22.0 Å². The highest BCUT2D eigenvalue weighted by Gasteiger charge is 2.49. The number of benzene rings is 2. The summed E-state index contributed by atoms with van der Waals surface area (Å²) >= 11 is 3.32. The largest absolute Gasteiger partial charge is 0.507 e. The van der Waals surface area contributed by atoms with Gasteiger partial charge in [-0.2, -0.15) is 0 Å². The number of carbonyl (C=O) groups excluding carboxylic acids is 2.